The second-order valence-electron chi connectivity index (χ2n) is 6.03. The normalized spacial score (nSPS) is 15.7. The molecule has 1 atom stereocenters. The number of carbonyl (C=O) groups is 1. The lowest BCUT2D eigenvalue weighted by Gasteiger charge is -2.27. The molecule has 1 fully saturated rings. The van der Waals surface area contributed by atoms with E-state index in [1.807, 2.05) is 24.8 Å². The van der Waals surface area contributed by atoms with Crippen molar-refractivity contribution in [1.82, 2.24) is 4.90 Å². The number of rotatable bonds is 7. The van der Waals surface area contributed by atoms with Crippen molar-refractivity contribution in [2.45, 2.75) is 58.4 Å². The van der Waals surface area contributed by atoms with Gasteiger partial charge in [-0.05, 0) is 51.3 Å². The molecule has 0 aromatic heterocycles. The molecule has 0 unspecified atom stereocenters. The molecule has 0 radical (unpaired) electrons. The molecule has 0 heterocycles. The van der Waals surface area contributed by atoms with Gasteiger partial charge in [0, 0.05) is 12.6 Å². The van der Waals surface area contributed by atoms with Crippen molar-refractivity contribution in [3.63, 3.8) is 0 Å². The summed E-state index contributed by atoms with van der Waals surface area (Å²) in [5.41, 5.74) is 0.937. The summed E-state index contributed by atoms with van der Waals surface area (Å²) in [6, 6.07) is 5.48. The van der Waals surface area contributed by atoms with E-state index in [2.05, 4.69) is 0 Å². The smallest absolute Gasteiger partial charge is 0.251 e. The fourth-order valence-corrected chi connectivity index (χ4v) is 2.49. The molecule has 1 saturated carbocycles. The van der Waals surface area contributed by atoms with Crippen molar-refractivity contribution in [1.29, 1.82) is 0 Å². The minimum absolute atomic E-state index is 0.0169. The molecule has 1 aromatic carbocycles. The maximum Gasteiger partial charge on any atom is 0.251 e. The number of hydrogen-bond donors (Lipinski definition) is 1. The summed E-state index contributed by atoms with van der Waals surface area (Å²) < 4.78 is 10.7. The van der Waals surface area contributed by atoms with Crippen molar-refractivity contribution in [2.75, 3.05) is 7.11 Å². The van der Waals surface area contributed by atoms with Crippen LogP contribution in [0.25, 0.3) is 0 Å². The number of hydrogen-bond acceptors (Lipinski definition) is 4. The van der Waals surface area contributed by atoms with Gasteiger partial charge in [-0.15, -0.1) is 0 Å². The number of methoxy groups -OCH3 is 1. The second kappa shape index (κ2) is 7.01. The highest BCUT2D eigenvalue weighted by Gasteiger charge is 2.35. The highest BCUT2D eigenvalue weighted by Crippen LogP contribution is 2.31. The van der Waals surface area contributed by atoms with Crippen LogP contribution in [0.1, 0.15) is 39.2 Å². The molecule has 1 aliphatic carbocycles. The van der Waals surface area contributed by atoms with Crippen LogP contribution >= 0.6 is 0 Å². The van der Waals surface area contributed by atoms with Gasteiger partial charge in [-0.2, -0.15) is 0 Å². The Morgan fingerprint density at radius 2 is 2.05 bits per heavy atom. The van der Waals surface area contributed by atoms with Gasteiger partial charge in [0.25, 0.3) is 5.91 Å². The molecule has 1 aliphatic rings. The minimum atomic E-state index is -0.445. The topological polar surface area (TPSA) is 59.0 Å². The molecule has 22 heavy (non-hydrogen) atoms. The van der Waals surface area contributed by atoms with E-state index in [0.717, 1.165) is 18.4 Å². The maximum absolute atomic E-state index is 12.6. The first kappa shape index (κ1) is 16.6. The average molecular weight is 307 g/mol. The molecule has 1 aromatic rings. The molecule has 5 heteroatoms. The number of carbonyl (C=O) groups excluding carboxylic acids is 1. The van der Waals surface area contributed by atoms with Crippen molar-refractivity contribution in [3.05, 3.63) is 23.8 Å². The number of aromatic hydroxyl groups is 1. The summed E-state index contributed by atoms with van der Waals surface area (Å²) >= 11 is 0. The second-order valence-corrected chi connectivity index (χ2v) is 6.03. The Morgan fingerprint density at radius 1 is 1.36 bits per heavy atom. The molecule has 5 nitrogen and oxygen atoms in total. The summed E-state index contributed by atoms with van der Waals surface area (Å²) in [5, 5.41) is 9.66. The van der Waals surface area contributed by atoms with Gasteiger partial charge in [-0.25, -0.2) is 0 Å². The molecule has 122 valence electrons. The standard InChI is InChI=1S/C17H25NO4/c1-11(2)22-12(3)17(20)18(14-6-7-14)10-13-5-8-15(19)16(9-13)21-4/h5,8-9,11-12,14,19H,6-7,10H2,1-4H3/t12-/m1/s1. The lowest BCUT2D eigenvalue weighted by molar-refractivity contribution is -0.146. The largest absolute Gasteiger partial charge is 0.504 e. The fraction of sp³-hybridized carbons (Fsp3) is 0.588. The third-order valence-electron chi connectivity index (χ3n) is 3.69. The summed E-state index contributed by atoms with van der Waals surface area (Å²) in [4.78, 5) is 14.5. The first-order valence-corrected chi connectivity index (χ1v) is 7.74. The van der Waals surface area contributed by atoms with Crippen molar-refractivity contribution >= 4 is 5.91 Å². The summed E-state index contributed by atoms with van der Waals surface area (Å²) in [6.45, 7) is 6.16. The number of nitrogens with zero attached hydrogens (tertiary/aromatic N) is 1. The van der Waals surface area contributed by atoms with Crippen LogP contribution in [0.15, 0.2) is 18.2 Å². The van der Waals surface area contributed by atoms with Gasteiger partial charge >= 0.3 is 0 Å². The molecular formula is C17H25NO4. The minimum Gasteiger partial charge on any atom is -0.504 e. The van der Waals surface area contributed by atoms with E-state index in [4.69, 9.17) is 9.47 Å². The number of phenols is 1. The summed E-state index contributed by atoms with van der Waals surface area (Å²) in [5.74, 6) is 0.544. The quantitative estimate of drug-likeness (QED) is 0.841. The summed E-state index contributed by atoms with van der Waals surface area (Å²) in [7, 11) is 1.52. The van der Waals surface area contributed by atoms with Crippen molar-refractivity contribution in [2.24, 2.45) is 0 Å². The van der Waals surface area contributed by atoms with Crippen LogP contribution in [0.2, 0.25) is 0 Å². The molecular weight excluding hydrogens is 282 g/mol. The lowest BCUT2D eigenvalue weighted by Crippen LogP contribution is -2.41. The van der Waals surface area contributed by atoms with E-state index >= 15 is 0 Å². The van der Waals surface area contributed by atoms with E-state index in [0.29, 0.717) is 18.3 Å². The van der Waals surface area contributed by atoms with Crippen LogP contribution in [0.4, 0.5) is 0 Å². The Balaban J connectivity index is 2.10. The van der Waals surface area contributed by atoms with Crippen LogP contribution in [0, 0.1) is 0 Å². The molecule has 2 rings (SSSR count). The zero-order chi connectivity index (χ0) is 16.3. The van der Waals surface area contributed by atoms with Gasteiger partial charge in [0.15, 0.2) is 11.5 Å². The van der Waals surface area contributed by atoms with Crippen LogP contribution < -0.4 is 4.74 Å². The van der Waals surface area contributed by atoms with Crippen LogP contribution in [-0.2, 0) is 16.1 Å². The lowest BCUT2D eigenvalue weighted by atomic mass is 10.1. The molecule has 0 saturated heterocycles. The van der Waals surface area contributed by atoms with Crippen molar-refractivity contribution in [3.8, 4) is 11.5 Å². The molecule has 1 amide bonds. The maximum atomic E-state index is 12.6. The Morgan fingerprint density at radius 3 is 2.59 bits per heavy atom. The highest BCUT2D eigenvalue weighted by atomic mass is 16.5. The van der Waals surface area contributed by atoms with Crippen molar-refractivity contribution < 1.29 is 19.4 Å². The number of amides is 1. The first-order chi connectivity index (χ1) is 10.4. The Hall–Kier alpha value is -1.75. The van der Waals surface area contributed by atoms with E-state index in [9.17, 15) is 9.90 Å². The molecule has 1 N–H and O–H groups in total. The number of phenolic OH excluding ortho intramolecular Hbond substituents is 1. The predicted molar refractivity (Wildman–Crippen MR) is 83.9 cm³/mol. The van der Waals surface area contributed by atoms with Gasteiger partial charge in [0.05, 0.1) is 13.2 Å². The van der Waals surface area contributed by atoms with E-state index in [1.54, 1.807) is 19.1 Å². The van der Waals surface area contributed by atoms with E-state index in [-0.39, 0.29) is 17.8 Å². The Labute approximate surface area is 131 Å². The monoisotopic (exact) mass is 307 g/mol. The average Bonchev–Trinajstić information content (AvgIpc) is 3.29. The summed E-state index contributed by atoms with van der Waals surface area (Å²) in [6.07, 6.45) is 1.65. The number of benzene rings is 1. The van der Waals surface area contributed by atoms with Crippen LogP contribution in [0.5, 0.6) is 11.5 Å². The Kier molecular flexibility index (Phi) is 5.29. The van der Waals surface area contributed by atoms with Gasteiger partial charge in [0.1, 0.15) is 6.10 Å². The molecule has 0 bridgehead atoms. The van der Waals surface area contributed by atoms with E-state index in [1.165, 1.54) is 7.11 Å². The number of ether oxygens (including phenoxy) is 2. The zero-order valence-corrected chi connectivity index (χ0v) is 13.7. The Bertz CT molecular complexity index is 525. The third-order valence-corrected chi connectivity index (χ3v) is 3.69. The highest BCUT2D eigenvalue weighted by molar-refractivity contribution is 5.81. The van der Waals surface area contributed by atoms with Gasteiger partial charge < -0.3 is 19.5 Å². The SMILES string of the molecule is COc1cc(CN(C(=O)[C@@H](C)OC(C)C)C2CC2)ccc1O. The van der Waals surface area contributed by atoms with Crippen LogP contribution in [-0.4, -0.2) is 41.3 Å². The predicted octanol–water partition coefficient (Wildman–Crippen LogP) is 2.71. The first-order valence-electron chi connectivity index (χ1n) is 7.74. The zero-order valence-electron chi connectivity index (χ0n) is 13.7. The van der Waals surface area contributed by atoms with Gasteiger partial charge in [0.2, 0.25) is 0 Å². The molecule has 0 aliphatic heterocycles. The van der Waals surface area contributed by atoms with Gasteiger partial charge in [-0.1, -0.05) is 6.07 Å². The fourth-order valence-electron chi connectivity index (χ4n) is 2.49. The van der Waals surface area contributed by atoms with Crippen LogP contribution in [0.3, 0.4) is 0 Å². The van der Waals surface area contributed by atoms with Gasteiger partial charge in [-0.3, -0.25) is 4.79 Å². The third kappa shape index (κ3) is 4.13. The molecule has 0 spiro atoms. The van der Waals surface area contributed by atoms with E-state index < -0.39 is 6.10 Å².